The molecule has 2 saturated carbocycles. The maximum absolute atomic E-state index is 13.6. The van der Waals surface area contributed by atoms with Crippen molar-refractivity contribution < 1.29 is 33.6 Å². The van der Waals surface area contributed by atoms with E-state index in [1.54, 1.807) is 19.1 Å². The Morgan fingerprint density at radius 1 is 1.28 bits per heavy atom. The lowest BCUT2D eigenvalue weighted by Crippen LogP contribution is -2.37. The van der Waals surface area contributed by atoms with Crippen molar-refractivity contribution >= 4 is 39.5 Å². The highest BCUT2D eigenvalue weighted by molar-refractivity contribution is 9.10. The van der Waals surface area contributed by atoms with Gasteiger partial charge in [0.25, 0.3) is 0 Å². The maximum Gasteiger partial charge on any atom is 0.346 e. The lowest BCUT2D eigenvalue weighted by atomic mass is 9.75. The van der Waals surface area contributed by atoms with E-state index in [1.165, 1.54) is 7.11 Å². The van der Waals surface area contributed by atoms with E-state index in [2.05, 4.69) is 15.9 Å². The monoisotopic (exact) mass is 620 g/mol. The minimum Gasteiger partial charge on any atom is -0.495 e. The van der Waals surface area contributed by atoms with Crippen molar-refractivity contribution in [3.63, 3.8) is 0 Å². The summed E-state index contributed by atoms with van der Waals surface area (Å²) in [5.41, 5.74) is 1.07. The summed E-state index contributed by atoms with van der Waals surface area (Å²) in [7, 11) is 1.43. The van der Waals surface area contributed by atoms with Gasteiger partial charge in [0, 0.05) is 10.0 Å². The van der Waals surface area contributed by atoms with E-state index in [-0.39, 0.29) is 58.0 Å². The smallest absolute Gasteiger partial charge is 0.346 e. The fraction of sp³-hybridized carbons (Fsp3) is 0.533. The van der Waals surface area contributed by atoms with Crippen molar-refractivity contribution in [3.8, 4) is 23.0 Å². The van der Waals surface area contributed by atoms with E-state index in [0.717, 1.165) is 25.7 Å². The summed E-state index contributed by atoms with van der Waals surface area (Å²) in [6, 6.07) is 3.27. The van der Waals surface area contributed by atoms with Gasteiger partial charge in [-0.05, 0) is 90.9 Å². The molecule has 0 aromatic heterocycles. The molecule has 2 fully saturated rings. The van der Waals surface area contributed by atoms with E-state index >= 15 is 0 Å². The molecular weight excluding hydrogens is 588 g/mol. The van der Waals surface area contributed by atoms with Crippen molar-refractivity contribution in [2.75, 3.05) is 7.11 Å². The third-order valence-corrected chi connectivity index (χ3v) is 10.1. The second kappa shape index (κ2) is 10.6. The van der Waals surface area contributed by atoms with E-state index in [9.17, 15) is 14.7 Å². The number of benzene rings is 2. The van der Waals surface area contributed by atoms with E-state index in [4.69, 9.17) is 30.5 Å². The number of hydrogen-bond acceptors (Lipinski definition) is 7. The third kappa shape index (κ3) is 4.82. The molecule has 0 unspecified atom stereocenters. The van der Waals surface area contributed by atoms with Crippen LogP contribution in [-0.4, -0.2) is 24.2 Å². The Balaban J connectivity index is 1.60. The summed E-state index contributed by atoms with van der Waals surface area (Å²) < 4.78 is 24.4. The number of cyclic esters (lactones) is 1. The van der Waals surface area contributed by atoms with Crippen LogP contribution in [0.15, 0.2) is 16.6 Å². The van der Waals surface area contributed by atoms with Gasteiger partial charge in [-0.25, -0.2) is 4.79 Å². The van der Waals surface area contributed by atoms with Gasteiger partial charge in [0.1, 0.15) is 23.7 Å². The highest BCUT2D eigenvalue weighted by Crippen LogP contribution is 2.57. The first-order chi connectivity index (χ1) is 18.5. The minimum atomic E-state index is -0.846. The van der Waals surface area contributed by atoms with Gasteiger partial charge in [0.2, 0.25) is 0 Å². The second-order valence-electron chi connectivity index (χ2n) is 11.7. The standard InChI is InChI=1S/C30H34BrClO7/c1-14(2)10-20(33)18-8-9-21-22(25(18)36-5)28(34)37-13-19-23(31)15(3)24(32)27(26(19)38-21)39-29(35)30(4)12-16-6-7-17(30)11-16/h8-9,14,16-17,20,33H,6-7,10-13H2,1-5H3/t16-,17+,20-,30-/m0/s1. The zero-order valence-electron chi connectivity index (χ0n) is 22.9. The maximum atomic E-state index is 13.6. The summed E-state index contributed by atoms with van der Waals surface area (Å²) >= 11 is 10.3. The van der Waals surface area contributed by atoms with Gasteiger partial charge in [-0.2, -0.15) is 0 Å². The van der Waals surface area contributed by atoms with E-state index in [1.807, 2.05) is 20.8 Å². The molecule has 0 spiro atoms. The lowest BCUT2D eigenvalue weighted by molar-refractivity contribution is -0.148. The van der Waals surface area contributed by atoms with Gasteiger partial charge >= 0.3 is 11.9 Å². The number of halogens is 2. The predicted molar refractivity (Wildman–Crippen MR) is 150 cm³/mol. The van der Waals surface area contributed by atoms with Gasteiger partial charge in [-0.3, -0.25) is 4.79 Å². The molecule has 0 saturated heterocycles. The van der Waals surface area contributed by atoms with E-state index < -0.39 is 17.5 Å². The van der Waals surface area contributed by atoms with Gasteiger partial charge in [-0.1, -0.05) is 31.9 Å². The van der Waals surface area contributed by atoms with Crippen LogP contribution in [0.2, 0.25) is 5.02 Å². The Bertz CT molecular complexity index is 1340. The van der Waals surface area contributed by atoms with Crippen LogP contribution in [0.25, 0.3) is 0 Å². The number of aliphatic hydroxyl groups is 1. The third-order valence-electron chi connectivity index (χ3n) is 8.59. The summed E-state index contributed by atoms with van der Waals surface area (Å²) in [5.74, 6) is 0.704. The zero-order valence-corrected chi connectivity index (χ0v) is 25.2. The van der Waals surface area contributed by atoms with Crippen LogP contribution in [0.3, 0.4) is 0 Å². The number of carbonyl (C=O) groups is 2. The number of fused-ring (bicyclic) bond motifs is 4. The molecule has 2 aromatic rings. The van der Waals surface area contributed by atoms with Crippen LogP contribution < -0.4 is 14.2 Å². The number of esters is 2. The molecule has 2 aliphatic carbocycles. The SMILES string of the molecule is COc1c([C@@H](O)CC(C)C)ccc2c1C(=O)OCc1c(Br)c(C)c(Cl)c(OC(=O)[C@@]3(C)C[C@H]4CC[C@@H]3C4)c1O2. The van der Waals surface area contributed by atoms with Gasteiger partial charge in [-0.15, -0.1) is 0 Å². The zero-order chi connectivity index (χ0) is 28.2. The molecule has 1 N–H and O–H groups in total. The summed E-state index contributed by atoms with van der Waals surface area (Å²) in [6.45, 7) is 7.63. The Morgan fingerprint density at radius 3 is 2.64 bits per heavy atom. The van der Waals surface area contributed by atoms with Gasteiger partial charge < -0.3 is 24.1 Å². The Morgan fingerprint density at radius 2 is 2.03 bits per heavy atom. The molecule has 0 amide bonds. The van der Waals surface area contributed by atoms with Crippen molar-refractivity contribution in [2.45, 2.75) is 72.5 Å². The molecule has 5 rings (SSSR count). The molecule has 1 heterocycles. The molecule has 2 bridgehead atoms. The molecule has 7 nitrogen and oxygen atoms in total. The van der Waals surface area contributed by atoms with Crippen molar-refractivity contribution in [3.05, 3.63) is 43.9 Å². The average molecular weight is 622 g/mol. The van der Waals surface area contributed by atoms with Crippen molar-refractivity contribution in [1.29, 1.82) is 0 Å². The first kappa shape index (κ1) is 28.2. The van der Waals surface area contributed by atoms with E-state index in [0.29, 0.717) is 33.5 Å². The summed E-state index contributed by atoms with van der Waals surface area (Å²) in [6.07, 6.45) is 3.65. The molecular formula is C30H34BrClO7. The number of rotatable bonds is 6. The summed E-state index contributed by atoms with van der Waals surface area (Å²) in [4.78, 5) is 26.9. The molecule has 1 aliphatic heterocycles. The predicted octanol–water partition coefficient (Wildman–Crippen LogP) is 7.69. The number of carbonyl (C=O) groups excluding carboxylic acids is 2. The molecule has 2 aromatic carbocycles. The number of methoxy groups -OCH3 is 1. The minimum absolute atomic E-state index is 0.0496. The quantitative estimate of drug-likeness (QED) is 0.261. The van der Waals surface area contributed by atoms with Gasteiger partial charge in [0.05, 0.1) is 29.2 Å². The van der Waals surface area contributed by atoms with Crippen LogP contribution in [0.1, 0.15) is 86.0 Å². The van der Waals surface area contributed by atoms with Crippen molar-refractivity contribution in [2.24, 2.45) is 23.2 Å². The highest BCUT2D eigenvalue weighted by atomic mass is 79.9. The first-order valence-corrected chi connectivity index (χ1v) is 14.6. The second-order valence-corrected chi connectivity index (χ2v) is 12.8. The molecule has 210 valence electrons. The summed E-state index contributed by atoms with van der Waals surface area (Å²) in [5, 5.41) is 11.1. The largest absolute Gasteiger partial charge is 0.495 e. The first-order valence-electron chi connectivity index (χ1n) is 13.4. The molecule has 0 radical (unpaired) electrons. The highest BCUT2D eigenvalue weighted by Gasteiger charge is 2.53. The fourth-order valence-electron chi connectivity index (χ4n) is 6.46. The number of ether oxygens (including phenoxy) is 4. The average Bonchev–Trinajstić information content (AvgIpc) is 3.48. The molecule has 9 heteroatoms. The van der Waals surface area contributed by atoms with Crippen LogP contribution in [-0.2, 0) is 16.1 Å². The Labute approximate surface area is 242 Å². The van der Waals surface area contributed by atoms with Crippen LogP contribution in [0.4, 0.5) is 0 Å². The van der Waals surface area contributed by atoms with Crippen LogP contribution >= 0.6 is 27.5 Å². The fourth-order valence-corrected chi connectivity index (χ4v) is 7.28. The number of aliphatic hydroxyl groups excluding tert-OH is 1. The topological polar surface area (TPSA) is 91.3 Å². The van der Waals surface area contributed by atoms with Crippen LogP contribution in [0.5, 0.6) is 23.0 Å². The van der Waals surface area contributed by atoms with Crippen LogP contribution in [0, 0.1) is 30.1 Å². The molecule has 3 aliphatic rings. The lowest BCUT2D eigenvalue weighted by Gasteiger charge is -2.32. The Hall–Kier alpha value is -2.29. The molecule has 4 atom stereocenters. The number of hydrogen-bond donors (Lipinski definition) is 1. The molecule has 39 heavy (non-hydrogen) atoms. The Kier molecular flexibility index (Phi) is 7.68. The van der Waals surface area contributed by atoms with Gasteiger partial charge in [0.15, 0.2) is 11.5 Å². The normalized spacial score (nSPS) is 24.3. The van der Waals surface area contributed by atoms with Crippen molar-refractivity contribution in [1.82, 2.24) is 0 Å².